The molecule has 0 amide bonds. The Bertz CT molecular complexity index is 542. The van der Waals surface area contributed by atoms with Crippen LogP contribution in [0.4, 0.5) is 10.8 Å². The van der Waals surface area contributed by atoms with Gasteiger partial charge in [-0.05, 0) is 35.8 Å². The van der Waals surface area contributed by atoms with Gasteiger partial charge in [-0.15, -0.1) is 11.8 Å². The van der Waals surface area contributed by atoms with Crippen LogP contribution < -0.4 is 15.8 Å². The quantitative estimate of drug-likeness (QED) is 0.802. The number of hydrogen-bond donors (Lipinski definition) is 2. The monoisotopic (exact) mass is 295 g/mol. The molecule has 1 aromatic carbocycles. The number of nitrogens with zero attached hydrogens (tertiary/aromatic N) is 1. The fraction of sp³-hybridized carbons (Fsp3) is 0.308. The van der Waals surface area contributed by atoms with Crippen LogP contribution in [0.15, 0.2) is 29.2 Å². The van der Waals surface area contributed by atoms with Gasteiger partial charge in [-0.25, -0.2) is 0 Å². The van der Waals surface area contributed by atoms with Crippen LogP contribution in [0.25, 0.3) is 0 Å². The van der Waals surface area contributed by atoms with Crippen molar-refractivity contribution in [3.63, 3.8) is 0 Å². The van der Waals surface area contributed by atoms with Crippen molar-refractivity contribution in [1.82, 2.24) is 4.37 Å². The summed E-state index contributed by atoms with van der Waals surface area (Å²) in [6.07, 6.45) is 2.90. The number of nitrogens with one attached hydrogen (secondary N) is 1. The molecule has 0 saturated heterocycles. The van der Waals surface area contributed by atoms with E-state index in [4.69, 9.17) is 10.5 Å². The number of nitrogen functional groups attached to an aromatic ring is 1. The highest BCUT2D eigenvalue weighted by molar-refractivity contribution is 7.99. The predicted octanol–water partition coefficient (Wildman–Crippen LogP) is 3.11. The smallest absolute Gasteiger partial charge is 0.153 e. The molecule has 0 spiro atoms. The Labute approximate surface area is 121 Å². The Hall–Kier alpha value is -1.40. The molecule has 0 bridgehead atoms. The highest BCUT2D eigenvalue weighted by Crippen LogP contribution is 2.34. The molecular formula is C13H17N3OS2. The van der Waals surface area contributed by atoms with E-state index in [1.165, 1.54) is 17.1 Å². The minimum absolute atomic E-state index is 0.609. The van der Waals surface area contributed by atoms with Gasteiger partial charge in [0.25, 0.3) is 0 Å². The van der Waals surface area contributed by atoms with Gasteiger partial charge in [0.1, 0.15) is 10.8 Å². The summed E-state index contributed by atoms with van der Waals surface area (Å²) in [7, 11) is 1.70. The summed E-state index contributed by atoms with van der Waals surface area (Å²) in [4.78, 5) is 1.03. The standard InChI is InChI=1S/C13H17N3OS2/c1-17-10-6-4-3-5-9(10)7-8-15-13-11(18-2)12(14)16-19-13/h3-6,15H,7-8H2,1-2H3,(H2,14,16). The molecule has 2 rings (SSSR count). The molecule has 6 heteroatoms. The first-order valence-electron chi connectivity index (χ1n) is 5.91. The molecule has 19 heavy (non-hydrogen) atoms. The van der Waals surface area contributed by atoms with Crippen LogP contribution >= 0.6 is 23.3 Å². The summed E-state index contributed by atoms with van der Waals surface area (Å²) in [6.45, 7) is 0.829. The Kier molecular flexibility index (Phi) is 4.93. The lowest BCUT2D eigenvalue weighted by Gasteiger charge is -2.09. The Morgan fingerprint density at radius 2 is 2.21 bits per heavy atom. The average Bonchev–Trinajstić information content (AvgIpc) is 2.79. The number of rotatable bonds is 6. The number of hydrogen-bond acceptors (Lipinski definition) is 6. The molecule has 0 fully saturated rings. The number of para-hydroxylation sites is 1. The summed E-state index contributed by atoms with van der Waals surface area (Å²) in [6, 6.07) is 8.06. The molecule has 0 atom stereocenters. The lowest BCUT2D eigenvalue weighted by atomic mass is 10.1. The minimum Gasteiger partial charge on any atom is -0.496 e. The van der Waals surface area contributed by atoms with E-state index in [0.29, 0.717) is 5.82 Å². The SMILES string of the molecule is COc1ccccc1CCNc1snc(N)c1SC. The Morgan fingerprint density at radius 1 is 1.42 bits per heavy atom. The van der Waals surface area contributed by atoms with Crippen LogP contribution in [0.5, 0.6) is 5.75 Å². The minimum atomic E-state index is 0.609. The second kappa shape index (κ2) is 6.68. The van der Waals surface area contributed by atoms with E-state index < -0.39 is 0 Å². The van der Waals surface area contributed by atoms with Gasteiger partial charge in [0.2, 0.25) is 0 Å². The first-order valence-corrected chi connectivity index (χ1v) is 7.91. The van der Waals surface area contributed by atoms with Crippen molar-refractivity contribution in [2.45, 2.75) is 11.3 Å². The Balaban J connectivity index is 1.96. The van der Waals surface area contributed by atoms with E-state index in [-0.39, 0.29) is 0 Å². The first kappa shape index (κ1) is 14.0. The van der Waals surface area contributed by atoms with Crippen molar-refractivity contribution in [3.8, 4) is 5.75 Å². The molecule has 4 nitrogen and oxygen atoms in total. The molecular weight excluding hydrogens is 278 g/mol. The van der Waals surface area contributed by atoms with E-state index >= 15 is 0 Å². The maximum Gasteiger partial charge on any atom is 0.153 e. The van der Waals surface area contributed by atoms with E-state index in [0.717, 1.165) is 28.6 Å². The third-order valence-corrected chi connectivity index (χ3v) is 4.52. The molecule has 102 valence electrons. The van der Waals surface area contributed by atoms with E-state index in [9.17, 15) is 0 Å². The maximum atomic E-state index is 5.80. The van der Waals surface area contributed by atoms with Crippen molar-refractivity contribution in [2.24, 2.45) is 0 Å². The van der Waals surface area contributed by atoms with Crippen LogP contribution in [0, 0.1) is 0 Å². The second-order valence-corrected chi connectivity index (χ2v) is 5.51. The lowest BCUT2D eigenvalue weighted by Crippen LogP contribution is -2.05. The van der Waals surface area contributed by atoms with E-state index in [2.05, 4.69) is 15.8 Å². The normalized spacial score (nSPS) is 10.4. The van der Waals surface area contributed by atoms with Gasteiger partial charge in [0, 0.05) is 6.54 Å². The van der Waals surface area contributed by atoms with Crippen molar-refractivity contribution in [3.05, 3.63) is 29.8 Å². The van der Waals surface area contributed by atoms with E-state index in [1.54, 1.807) is 18.9 Å². The lowest BCUT2D eigenvalue weighted by molar-refractivity contribution is 0.410. The highest BCUT2D eigenvalue weighted by atomic mass is 32.2. The molecule has 1 aromatic heterocycles. The molecule has 0 aliphatic carbocycles. The predicted molar refractivity (Wildman–Crippen MR) is 83.5 cm³/mol. The van der Waals surface area contributed by atoms with Crippen LogP contribution in [0.3, 0.4) is 0 Å². The van der Waals surface area contributed by atoms with Gasteiger partial charge in [0.15, 0.2) is 5.82 Å². The van der Waals surface area contributed by atoms with Gasteiger partial charge < -0.3 is 15.8 Å². The van der Waals surface area contributed by atoms with Crippen molar-refractivity contribution in [1.29, 1.82) is 0 Å². The first-order chi connectivity index (χ1) is 9.26. The number of ether oxygens (including phenoxy) is 1. The third-order valence-electron chi connectivity index (χ3n) is 2.75. The molecule has 1 heterocycles. The summed E-state index contributed by atoms with van der Waals surface area (Å²) in [5.41, 5.74) is 6.99. The number of benzene rings is 1. The molecule has 0 saturated carbocycles. The molecule has 0 aliphatic rings. The van der Waals surface area contributed by atoms with Crippen molar-refractivity contribution in [2.75, 3.05) is 31.0 Å². The van der Waals surface area contributed by atoms with Crippen molar-refractivity contribution >= 4 is 34.1 Å². The number of anilines is 2. The number of methoxy groups -OCH3 is 1. The largest absolute Gasteiger partial charge is 0.496 e. The third kappa shape index (κ3) is 3.33. The topological polar surface area (TPSA) is 60.2 Å². The summed E-state index contributed by atoms with van der Waals surface area (Å²) in [5.74, 6) is 1.54. The number of thioether (sulfide) groups is 1. The Morgan fingerprint density at radius 3 is 2.95 bits per heavy atom. The van der Waals surface area contributed by atoms with Gasteiger partial charge in [0.05, 0.1) is 12.0 Å². The zero-order valence-electron chi connectivity index (χ0n) is 11.0. The van der Waals surface area contributed by atoms with E-state index in [1.807, 2.05) is 24.5 Å². The van der Waals surface area contributed by atoms with Crippen LogP contribution in [-0.4, -0.2) is 24.3 Å². The van der Waals surface area contributed by atoms with Crippen molar-refractivity contribution < 1.29 is 4.74 Å². The molecule has 3 N–H and O–H groups in total. The summed E-state index contributed by atoms with van der Waals surface area (Å²) < 4.78 is 9.49. The zero-order valence-corrected chi connectivity index (χ0v) is 12.6. The number of aromatic nitrogens is 1. The summed E-state index contributed by atoms with van der Waals surface area (Å²) in [5, 5.41) is 4.43. The molecule has 0 unspecified atom stereocenters. The fourth-order valence-electron chi connectivity index (χ4n) is 1.82. The molecule has 2 aromatic rings. The highest BCUT2D eigenvalue weighted by Gasteiger charge is 2.10. The zero-order chi connectivity index (χ0) is 13.7. The second-order valence-electron chi connectivity index (χ2n) is 3.92. The van der Waals surface area contributed by atoms with Crippen LogP contribution in [0.1, 0.15) is 5.56 Å². The van der Waals surface area contributed by atoms with Crippen LogP contribution in [0.2, 0.25) is 0 Å². The maximum absolute atomic E-state index is 5.80. The summed E-state index contributed by atoms with van der Waals surface area (Å²) >= 11 is 3.03. The van der Waals surface area contributed by atoms with Gasteiger partial charge in [-0.3, -0.25) is 0 Å². The molecule has 0 radical (unpaired) electrons. The average molecular weight is 295 g/mol. The number of nitrogens with two attached hydrogens (primary N) is 1. The van der Waals surface area contributed by atoms with Gasteiger partial charge in [-0.1, -0.05) is 18.2 Å². The van der Waals surface area contributed by atoms with Crippen LogP contribution in [-0.2, 0) is 6.42 Å². The molecule has 0 aliphatic heterocycles. The fourth-order valence-corrected chi connectivity index (χ4v) is 3.39. The van der Waals surface area contributed by atoms with Gasteiger partial charge in [-0.2, -0.15) is 4.37 Å². The van der Waals surface area contributed by atoms with Gasteiger partial charge >= 0.3 is 0 Å².